The average molecular weight is 240 g/mol. The van der Waals surface area contributed by atoms with Crippen LogP contribution < -0.4 is 5.32 Å². The molecule has 0 saturated carbocycles. The van der Waals surface area contributed by atoms with E-state index in [2.05, 4.69) is 37.9 Å². The van der Waals surface area contributed by atoms with Gasteiger partial charge in [-0.15, -0.1) is 0 Å². The summed E-state index contributed by atoms with van der Waals surface area (Å²) < 4.78 is 0. The lowest BCUT2D eigenvalue weighted by Crippen LogP contribution is -2.41. The van der Waals surface area contributed by atoms with E-state index < -0.39 is 0 Å². The lowest BCUT2D eigenvalue weighted by atomic mass is 10.1. The van der Waals surface area contributed by atoms with Crippen molar-refractivity contribution in [3.63, 3.8) is 0 Å². The van der Waals surface area contributed by atoms with Crippen LogP contribution in [-0.2, 0) is 0 Å². The molecule has 0 aromatic rings. The summed E-state index contributed by atoms with van der Waals surface area (Å²) in [5, 5.41) is 3.50. The van der Waals surface area contributed by atoms with Gasteiger partial charge in [0.05, 0.1) is 0 Å². The second-order valence-corrected chi connectivity index (χ2v) is 5.68. The van der Waals surface area contributed by atoms with Crippen molar-refractivity contribution in [1.82, 2.24) is 10.2 Å². The molecule has 1 N–H and O–H groups in total. The summed E-state index contributed by atoms with van der Waals surface area (Å²) in [6.07, 6.45) is 8.05. The number of hydrogen-bond acceptors (Lipinski definition) is 2. The van der Waals surface area contributed by atoms with E-state index >= 15 is 0 Å². The minimum Gasteiger partial charge on any atom is -0.317 e. The first-order valence-corrected chi connectivity index (χ1v) is 7.68. The molecule has 0 aromatic heterocycles. The zero-order valence-electron chi connectivity index (χ0n) is 12.3. The van der Waals surface area contributed by atoms with Gasteiger partial charge in [-0.3, -0.25) is 4.90 Å². The van der Waals surface area contributed by atoms with E-state index in [9.17, 15) is 0 Å². The summed E-state index contributed by atoms with van der Waals surface area (Å²) in [6.45, 7) is 11.8. The van der Waals surface area contributed by atoms with Gasteiger partial charge in [-0.25, -0.2) is 0 Å². The summed E-state index contributed by atoms with van der Waals surface area (Å²) in [7, 11) is 0. The fourth-order valence-electron chi connectivity index (χ4n) is 3.27. The second-order valence-electron chi connectivity index (χ2n) is 5.68. The van der Waals surface area contributed by atoms with Crippen molar-refractivity contribution in [2.45, 2.75) is 84.3 Å². The van der Waals surface area contributed by atoms with Crippen LogP contribution >= 0.6 is 0 Å². The van der Waals surface area contributed by atoms with Crippen LogP contribution in [0.3, 0.4) is 0 Å². The Morgan fingerprint density at radius 2 is 2.00 bits per heavy atom. The third-order valence-electron chi connectivity index (χ3n) is 4.23. The molecule has 17 heavy (non-hydrogen) atoms. The Morgan fingerprint density at radius 1 is 1.24 bits per heavy atom. The van der Waals surface area contributed by atoms with Gasteiger partial charge in [0, 0.05) is 18.1 Å². The van der Waals surface area contributed by atoms with Crippen LogP contribution in [0.4, 0.5) is 0 Å². The maximum atomic E-state index is 3.50. The first-order valence-electron chi connectivity index (χ1n) is 7.68. The van der Waals surface area contributed by atoms with E-state index in [1.807, 2.05) is 0 Å². The molecule has 0 amide bonds. The molecule has 1 fully saturated rings. The zero-order valence-corrected chi connectivity index (χ0v) is 12.3. The fraction of sp³-hybridized carbons (Fsp3) is 1.00. The van der Waals surface area contributed by atoms with Crippen molar-refractivity contribution in [2.24, 2.45) is 0 Å². The minimum atomic E-state index is 0.765. The predicted molar refractivity (Wildman–Crippen MR) is 76.5 cm³/mol. The summed E-state index contributed by atoms with van der Waals surface area (Å²) in [6, 6.07) is 2.42. The third kappa shape index (κ3) is 4.59. The molecule has 0 bridgehead atoms. The highest BCUT2D eigenvalue weighted by atomic mass is 15.2. The Balaban J connectivity index is 2.23. The van der Waals surface area contributed by atoms with Crippen LogP contribution in [0.25, 0.3) is 0 Å². The maximum Gasteiger partial charge on any atom is 0.00988 e. The highest BCUT2D eigenvalue weighted by Crippen LogP contribution is 2.29. The molecule has 2 nitrogen and oxygen atoms in total. The van der Waals surface area contributed by atoms with E-state index in [1.165, 1.54) is 51.6 Å². The molecule has 1 saturated heterocycles. The average Bonchev–Trinajstić information content (AvgIpc) is 2.70. The van der Waals surface area contributed by atoms with Gasteiger partial charge < -0.3 is 5.32 Å². The number of nitrogens with one attached hydrogen (secondary N) is 1. The molecule has 1 aliphatic heterocycles. The topological polar surface area (TPSA) is 15.3 Å². The summed E-state index contributed by atoms with van der Waals surface area (Å²) in [4.78, 5) is 2.78. The maximum absolute atomic E-state index is 3.50. The van der Waals surface area contributed by atoms with Crippen molar-refractivity contribution >= 4 is 0 Å². The van der Waals surface area contributed by atoms with E-state index in [1.54, 1.807) is 0 Å². The summed E-state index contributed by atoms with van der Waals surface area (Å²) in [5.41, 5.74) is 0. The quantitative estimate of drug-likeness (QED) is 0.654. The zero-order chi connectivity index (χ0) is 12.7. The van der Waals surface area contributed by atoms with Crippen LogP contribution in [0, 0.1) is 0 Å². The van der Waals surface area contributed by atoms with Crippen LogP contribution in [0.2, 0.25) is 0 Å². The molecule has 1 rings (SSSR count). The van der Waals surface area contributed by atoms with Crippen molar-refractivity contribution in [3.05, 3.63) is 0 Å². The molecule has 0 radical (unpaired) electrons. The van der Waals surface area contributed by atoms with Gasteiger partial charge >= 0.3 is 0 Å². The van der Waals surface area contributed by atoms with Gasteiger partial charge in [-0.1, -0.05) is 13.8 Å². The Bertz CT molecular complexity index is 193. The highest BCUT2D eigenvalue weighted by molar-refractivity contribution is 4.87. The predicted octanol–water partition coefficient (Wildman–Crippen LogP) is 3.42. The monoisotopic (exact) mass is 240 g/mol. The Labute approximate surface area is 108 Å². The van der Waals surface area contributed by atoms with Gasteiger partial charge in [0.25, 0.3) is 0 Å². The number of hydrogen-bond donors (Lipinski definition) is 1. The number of nitrogens with zero attached hydrogens (tertiary/aromatic N) is 1. The van der Waals surface area contributed by atoms with E-state index in [0.29, 0.717) is 0 Å². The SMILES string of the molecule is CCCNCCCC(C)N1C(C)CCC1CC. The molecule has 3 atom stereocenters. The van der Waals surface area contributed by atoms with Crippen LogP contribution in [0.15, 0.2) is 0 Å². The van der Waals surface area contributed by atoms with E-state index in [0.717, 1.165) is 18.1 Å². The Kier molecular flexibility index (Phi) is 7.14. The molecule has 1 aliphatic rings. The van der Waals surface area contributed by atoms with Crippen LogP contribution in [0.1, 0.15) is 66.2 Å². The molecular formula is C15H32N2. The molecule has 0 spiro atoms. The Hall–Kier alpha value is -0.0800. The van der Waals surface area contributed by atoms with Crippen molar-refractivity contribution in [3.8, 4) is 0 Å². The van der Waals surface area contributed by atoms with Gasteiger partial charge in [0.15, 0.2) is 0 Å². The standard InChI is InChI=1S/C15H32N2/c1-5-11-16-12-7-8-13(3)17-14(4)9-10-15(17)6-2/h13-16H,5-12H2,1-4H3. The molecule has 102 valence electrons. The molecule has 3 unspecified atom stereocenters. The van der Waals surface area contributed by atoms with Gasteiger partial charge in [-0.2, -0.15) is 0 Å². The first-order chi connectivity index (χ1) is 8.20. The largest absolute Gasteiger partial charge is 0.317 e. The molecule has 2 heteroatoms. The first kappa shape index (κ1) is 15.0. The summed E-state index contributed by atoms with van der Waals surface area (Å²) in [5.74, 6) is 0. The van der Waals surface area contributed by atoms with Gasteiger partial charge in [0.1, 0.15) is 0 Å². The molecule has 0 aromatic carbocycles. The smallest absolute Gasteiger partial charge is 0.00988 e. The molecular weight excluding hydrogens is 208 g/mol. The normalized spacial score (nSPS) is 27.5. The van der Waals surface area contributed by atoms with E-state index in [-0.39, 0.29) is 0 Å². The van der Waals surface area contributed by atoms with Crippen LogP contribution in [-0.4, -0.2) is 36.1 Å². The summed E-state index contributed by atoms with van der Waals surface area (Å²) >= 11 is 0. The van der Waals surface area contributed by atoms with Crippen LogP contribution in [0.5, 0.6) is 0 Å². The van der Waals surface area contributed by atoms with Crippen molar-refractivity contribution in [1.29, 1.82) is 0 Å². The fourth-order valence-corrected chi connectivity index (χ4v) is 3.27. The Morgan fingerprint density at radius 3 is 2.65 bits per heavy atom. The van der Waals surface area contributed by atoms with Crippen molar-refractivity contribution in [2.75, 3.05) is 13.1 Å². The second kappa shape index (κ2) is 8.10. The van der Waals surface area contributed by atoms with Gasteiger partial charge in [0.2, 0.25) is 0 Å². The van der Waals surface area contributed by atoms with Gasteiger partial charge in [-0.05, 0) is 65.5 Å². The minimum absolute atomic E-state index is 0.765. The highest BCUT2D eigenvalue weighted by Gasteiger charge is 2.32. The lowest BCUT2D eigenvalue weighted by Gasteiger charge is -2.34. The number of likely N-dealkylation sites (tertiary alicyclic amines) is 1. The molecule has 1 heterocycles. The van der Waals surface area contributed by atoms with E-state index in [4.69, 9.17) is 0 Å². The molecule has 0 aliphatic carbocycles. The third-order valence-corrected chi connectivity index (χ3v) is 4.23. The van der Waals surface area contributed by atoms with Crippen molar-refractivity contribution < 1.29 is 0 Å². The lowest BCUT2D eigenvalue weighted by molar-refractivity contribution is 0.135. The number of rotatable bonds is 8.